The summed E-state index contributed by atoms with van der Waals surface area (Å²) < 4.78 is 13.8. The lowest BCUT2D eigenvalue weighted by atomic mass is 10.0. The minimum Gasteiger partial charge on any atom is -0.465 e. The summed E-state index contributed by atoms with van der Waals surface area (Å²) in [7, 11) is 0. The van der Waals surface area contributed by atoms with Crippen molar-refractivity contribution in [2.45, 2.75) is 18.5 Å². The number of nitrogens with zero attached hydrogens (tertiary/aromatic N) is 1. The van der Waals surface area contributed by atoms with Gasteiger partial charge in [0.25, 0.3) is 0 Å². The van der Waals surface area contributed by atoms with Gasteiger partial charge in [-0.15, -0.1) is 0 Å². The van der Waals surface area contributed by atoms with Crippen molar-refractivity contribution in [2.75, 3.05) is 19.6 Å². The lowest BCUT2D eigenvalue weighted by Gasteiger charge is -2.20. The molecule has 1 saturated carbocycles. The zero-order valence-electron chi connectivity index (χ0n) is 7.95. The predicted molar refractivity (Wildman–Crippen MR) is 48.7 cm³/mol. The van der Waals surface area contributed by atoms with E-state index in [1.165, 1.54) is 4.90 Å². The second-order valence-corrected chi connectivity index (χ2v) is 4.47. The number of amides is 1. The Labute approximate surface area is 81.9 Å². The third-order valence-electron chi connectivity index (χ3n) is 3.47. The number of hydrogen-bond acceptors (Lipinski definition) is 2. The summed E-state index contributed by atoms with van der Waals surface area (Å²) in [6.07, 6.45) is -0.0350. The molecule has 0 aromatic carbocycles. The average molecular weight is 202 g/mol. The maximum absolute atomic E-state index is 13.8. The molecule has 0 unspecified atom stereocenters. The fourth-order valence-corrected chi connectivity index (χ4v) is 2.75. The van der Waals surface area contributed by atoms with Crippen LogP contribution in [-0.2, 0) is 0 Å². The molecule has 0 radical (unpaired) electrons. The Morgan fingerprint density at radius 1 is 1.50 bits per heavy atom. The van der Waals surface area contributed by atoms with E-state index < -0.39 is 11.8 Å². The molecule has 1 heterocycles. The zero-order valence-corrected chi connectivity index (χ0v) is 7.95. The van der Waals surface area contributed by atoms with Crippen LogP contribution >= 0.6 is 0 Å². The van der Waals surface area contributed by atoms with Gasteiger partial charge in [0.05, 0.1) is 0 Å². The van der Waals surface area contributed by atoms with Crippen LogP contribution in [-0.4, -0.2) is 41.4 Å². The van der Waals surface area contributed by atoms with E-state index in [4.69, 9.17) is 10.8 Å². The molecule has 3 atom stereocenters. The summed E-state index contributed by atoms with van der Waals surface area (Å²) in [6.45, 7) is 1.02. The van der Waals surface area contributed by atoms with Crippen molar-refractivity contribution in [3.8, 4) is 0 Å². The van der Waals surface area contributed by atoms with Gasteiger partial charge in [0, 0.05) is 19.6 Å². The molecular weight excluding hydrogens is 187 g/mol. The van der Waals surface area contributed by atoms with E-state index in [0.29, 0.717) is 25.9 Å². The second kappa shape index (κ2) is 3.08. The van der Waals surface area contributed by atoms with E-state index >= 15 is 0 Å². The molecule has 3 N–H and O–H groups in total. The molecule has 4 nitrogen and oxygen atoms in total. The molecule has 0 bridgehead atoms. The molecule has 2 fully saturated rings. The highest BCUT2D eigenvalue weighted by Gasteiger charge is 2.49. The van der Waals surface area contributed by atoms with Gasteiger partial charge in [-0.1, -0.05) is 0 Å². The van der Waals surface area contributed by atoms with E-state index in [-0.39, 0.29) is 18.4 Å². The lowest BCUT2D eigenvalue weighted by molar-refractivity contribution is 0.135. The standard InChI is InChI=1S/C9H15FN2O2/c10-9(5-11)1-6-3-12(8(13)14)4-7(6)2-9/h6-7H,1-5,11H2,(H,13,14)/t6-,7+,9+. The van der Waals surface area contributed by atoms with E-state index in [9.17, 15) is 9.18 Å². The zero-order chi connectivity index (χ0) is 10.3. The van der Waals surface area contributed by atoms with Crippen molar-refractivity contribution >= 4 is 6.09 Å². The number of halogens is 1. The molecule has 5 heteroatoms. The van der Waals surface area contributed by atoms with Crippen LogP contribution in [0.3, 0.4) is 0 Å². The molecule has 1 amide bonds. The third kappa shape index (κ3) is 1.45. The van der Waals surface area contributed by atoms with Crippen LogP contribution in [0, 0.1) is 11.8 Å². The fraction of sp³-hybridized carbons (Fsp3) is 0.889. The van der Waals surface area contributed by atoms with Gasteiger partial charge in [0.2, 0.25) is 0 Å². The number of rotatable bonds is 1. The first-order chi connectivity index (χ1) is 6.54. The van der Waals surface area contributed by atoms with Gasteiger partial charge in [-0.3, -0.25) is 0 Å². The van der Waals surface area contributed by atoms with Gasteiger partial charge in [0.1, 0.15) is 5.67 Å². The highest BCUT2D eigenvalue weighted by atomic mass is 19.1. The third-order valence-corrected chi connectivity index (χ3v) is 3.47. The van der Waals surface area contributed by atoms with Crippen LogP contribution < -0.4 is 5.73 Å². The van der Waals surface area contributed by atoms with Crippen LogP contribution in [0.15, 0.2) is 0 Å². The topological polar surface area (TPSA) is 66.6 Å². The first-order valence-electron chi connectivity index (χ1n) is 4.91. The van der Waals surface area contributed by atoms with Crippen LogP contribution in [0.2, 0.25) is 0 Å². The number of likely N-dealkylation sites (tertiary alicyclic amines) is 1. The molecule has 0 aromatic heterocycles. The van der Waals surface area contributed by atoms with Crippen LogP contribution in [0.5, 0.6) is 0 Å². The second-order valence-electron chi connectivity index (χ2n) is 4.47. The van der Waals surface area contributed by atoms with Crippen molar-refractivity contribution in [3.05, 3.63) is 0 Å². The SMILES string of the molecule is NC[C@@]1(F)C[C@H]2CN(C(=O)O)C[C@H]2C1. The van der Waals surface area contributed by atoms with Crippen molar-refractivity contribution < 1.29 is 14.3 Å². The highest BCUT2D eigenvalue weighted by Crippen LogP contribution is 2.45. The van der Waals surface area contributed by atoms with Gasteiger partial charge in [-0.05, 0) is 24.7 Å². The maximum atomic E-state index is 13.8. The van der Waals surface area contributed by atoms with Crippen LogP contribution in [0.25, 0.3) is 0 Å². The van der Waals surface area contributed by atoms with E-state index in [1.54, 1.807) is 0 Å². The summed E-state index contributed by atoms with van der Waals surface area (Å²) in [6, 6.07) is 0. The molecular formula is C9H15FN2O2. The van der Waals surface area contributed by atoms with Crippen molar-refractivity contribution in [3.63, 3.8) is 0 Å². The number of carbonyl (C=O) groups is 1. The molecule has 2 rings (SSSR count). The molecule has 1 saturated heterocycles. The Balaban J connectivity index is 1.99. The van der Waals surface area contributed by atoms with Gasteiger partial charge >= 0.3 is 6.09 Å². The summed E-state index contributed by atoms with van der Waals surface area (Å²) >= 11 is 0. The normalized spacial score (nSPS) is 41.4. The van der Waals surface area contributed by atoms with Crippen LogP contribution in [0.4, 0.5) is 9.18 Å². The number of fused-ring (bicyclic) bond motifs is 1. The molecule has 2 aliphatic rings. The minimum atomic E-state index is -1.24. The number of carboxylic acid groups (broad SMARTS) is 1. The Hall–Kier alpha value is -0.840. The first-order valence-corrected chi connectivity index (χ1v) is 4.91. The van der Waals surface area contributed by atoms with E-state index in [1.807, 2.05) is 0 Å². The van der Waals surface area contributed by atoms with Gasteiger partial charge in [-0.25, -0.2) is 9.18 Å². The summed E-state index contributed by atoms with van der Waals surface area (Å²) in [4.78, 5) is 12.1. The Morgan fingerprint density at radius 3 is 2.36 bits per heavy atom. The largest absolute Gasteiger partial charge is 0.465 e. The Bertz CT molecular complexity index is 245. The molecule has 0 aromatic rings. The molecule has 14 heavy (non-hydrogen) atoms. The van der Waals surface area contributed by atoms with E-state index in [2.05, 4.69) is 0 Å². The molecule has 80 valence electrons. The lowest BCUT2D eigenvalue weighted by Crippen LogP contribution is -2.34. The summed E-state index contributed by atoms with van der Waals surface area (Å²) in [5, 5.41) is 8.76. The van der Waals surface area contributed by atoms with Gasteiger partial charge in [0.15, 0.2) is 0 Å². The quantitative estimate of drug-likeness (QED) is 0.656. The summed E-state index contributed by atoms with van der Waals surface area (Å²) in [5.74, 6) is 0.360. The predicted octanol–water partition coefficient (Wildman–Crippen LogP) is 0.673. The smallest absolute Gasteiger partial charge is 0.407 e. The minimum absolute atomic E-state index is 0.0626. The molecule has 1 aliphatic carbocycles. The molecule has 0 spiro atoms. The highest BCUT2D eigenvalue weighted by molar-refractivity contribution is 5.65. The van der Waals surface area contributed by atoms with Crippen LogP contribution in [0.1, 0.15) is 12.8 Å². The van der Waals surface area contributed by atoms with Gasteiger partial charge in [-0.2, -0.15) is 0 Å². The number of alkyl halides is 1. The Morgan fingerprint density at radius 2 is 2.00 bits per heavy atom. The fourth-order valence-electron chi connectivity index (χ4n) is 2.75. The van der Waals surface area contributed by atoms with Gasteiger partial charge < -0.3 is 15.7 Å². The van der Waals surface area contributed by atoms with Crippen molar-refractivity contribution in [2.24, 2.45) is 17.6 Å². The number of nitrogens with two attached hydrogens (primary N) is 1. The maximum Gasteiger partial charge on any atom is 0.407 e. The summed E-state index contributed by atoms with van der Waals surface area (Å²) in [5.41, 5.74) is 4.12. The van der Waals surface area contributed by atoms with Crippen molar-refractivity contribution in [1.82, 2.24) is 4.90 Å². The monoisotopic (exact) mass is 202 g/mol. The number of hydrogen-bond donors (Lipinski definition) is 2. The van der Waals surface area contributed by atoms with Crippen molar-refractivity contribution in [1.29, 1.82) is 0 Å². The molecule has 1 aliphatic heterocycles. The average Bonchev–Trinajstić information content (AvgIpc) is 2.59. The van der Waals surface area contributed by atoms with E-state index in [0.717, 1.165) is 0 Å². The Kier molecular flexibility index (Phi) is 2.14. The first kappa shape index (κ1) is 9.71.